The molecule has 0 fully saturated rings. The predicted octanol–water partition coefficient (Wildman–Crippen LogP) is 4.51. The highest BCUT2D eigenvalue weighted by molar-refractivity contribution is 7.09. The van der Waals surface area contributed by atoms with Gasteiger partial charge in [0.1, 0.15) is 5.75 Å². The molecule has 0 unspecified atom stereocenters. The molecular weight excluding hydrogens is 358 g/mol. The number of rotatable bonds is 6. The van der Waals surface area contributed by atoms with Crippen LogP contribution in [0.3, 0.4) is 0 Å². The number of aromatic hydroxyl groups is 1. The van der Waals surface area contributed by atoms with E-state index >= 15 is 0 Å². The third kappa shape index (κ3) is 4.04. The number of ether oxygens (including phenoxy) is 1. The van der Waals surface area contributed by atoms with Crippen molar-refractivity contribution in [2.45, 2.75) is 12.8 Å². The molecule has 4 rings (SSSR count). The Bertz CT molecular complexity index is 1110. The van der Waals surface area contributed by atoms with E-state index < -0.39 is 0 Å². The van der Waals surface area contributed by atoms with Crippen molar-refractivity contribution in [2.24, 2.45) is 0 Å². The van der Waals surface area contributed by atoms with Gasteiger partial charge in [-0.15, -0.1) is 0 Å². The molecule has 2 N–H and O–H groups in total. The molecule has 136 valence electrons. The lowest BCUT2D eigenvalue weighted by atomic mass is 10.0. The molecular formula is C22H19NO3S. The Balaban J connectivity index is 1.37. The van der Waals surface area contributed by atoms with Crippen molar-refractivity contribution in [2.75, 3.05) is 6.61 Å². The van der Waals surface area contributed by atoms with Crippen molar-refractivity contribution in [3.63, 3.8) is 0 Å². The molecule has 0 aliphatic heterocycles. The zero-order valence-corrected chi connectivity index (χ0v) is 15.5. The number of aromatic amines is 1. The van der Waals surface area contributed by atoms with Crippen molar-refractivity contribution in [1.29, 1.82) is 0 Å². The van der Waals surface area contributed by atoms with E-state index in [9.17, 15) is 9.90 Å². The molecule has 0 bridgehead atoms. The summed E-state index contributed by atoms with van der Waals surface area (Å²) < 4.78 is 5.89. The first-order chi connectivity index (χ1) is 13.2. The lowest BCUT2D eigenvalue weighted by Crippen LogP contribution is -2.02. The minimum Gasteiger partial charge on any atom is -0.494 e. The van der Waals surface area contributed by atoms with E-state index in [1.807, 2.05) is 24.3 Å². The Kier molecular flexibility index (Phi) is 4.94. The van der Waals surface area contributed by atoms with E-state index in [1.165, 1.54) is 16.3 Å². The van der Waals surface area contributed by atoms with Gasteiger partial charge in [-0.2, -0.15) is 0 Å². The van der Waals surface area contributed by atoms with Crippen LogP contribution in [0.25, 0.3) is 10.8 Å². The zero-order chi connectivity index (χ0) is 18.6. The second-order valence-corrected chi connectivity index (χ2v) is 7.41. The molecule has 0 amide bonds. The molecule has 0 spiro atoms. The van der Waals surface area contributed by atoms with E-state index in [-0.39, 0.29) is 10.8 Å². The van der Waals surface area contributed by atoms with E-state index in [0.29, 0.717) is 17.9 Å². The first kappa shape index (κ1) is 17.4. The van der Waals surface area contributed by atoms with Crippen LogP contribution in [0.5, 0.6) is 11.6 Å². The molecule has 4 nitrogen and oxygen atoms in total. The first-order valence-corrected chi connectivity index (χ1v) is 9.60. The van der Waals surface area contributed by atoms with Crippen LogP contribution in [0.4, 0.5) is 0 Å². The molecule has 5 heteroatoms. The Hall–Kier alpha value is -3.05. The predicted molar refractivity (Wildman–Crippen MR) is 109 cm³/mol. The van der Waals surface area contributed by atoms with Gasteiger partial charge in [-0.1, -0.05) is 65.9 Å². The number of aromatic nitrogens is 1. The topological polar surface area (TPSA) is 62.3 Å². The molecule has 3 aromatic carbocycles. The van der Waals surface area contributed by atoms with Crippen LogP contribution in [0.1, 0.15) is 16.0 Å². The average Bonchev–Trinajstić information content (AvgIpc) is 3.00. The number of H-pyrrole nitrogens is 1. The smallest absolute Gasteiger partial charge is 0.307 e. The third-order valence-electron chi connectivity index (χ3n) is 4.51. The Morgan fingerprint density at radius 1 is 0.963 bits per heavy atom. The van der Waals surface area contributed by atoms with Gasteiger partial charge in [0.2, 0.25) is 5.88 Å². The maximum absolute atomic E-state index is 11.3. The highest BCUT2D eigenvalue weighted by Crippen LogP contribution is 2.22. The summed E-state index contributed by atoms with van der Waals surface area (Å²) in [6.07, 6.45) is 1.36. The summed E-state index contributed by atoms with van der Waals surface area (Å²) in [6, 6.07) is 22.5. The maximum Gasteiger partial charge on any atom is 0.307 e. The van der Waals surface area contributed by atoms with Gasteiger partial charge in [0.25, 0.3) is 0 Å². The van der Waals surface area contributed by atoms with Gasteiger partial charge in [-0.25, -0.2) is 0 Å². The van der Waals surface area contributed by atoms with Crippen LogP contribution < -0.4 is 9.61 Å². The monoisotopic (exact) mass is 377 g/mol. The van der Waals surface area contributed by atoms with Crippen molar-refractivity contribution in [3.05, 3.63) is 92.4 Å². The van der Waals surface area contributed by atoms with E-state index in [2.05, 4.69) is 47.4 Å². The van der Waals surface area contributed by atoms with Gasteiger partial charge in [-0.3, -0.25) is 9.78 Å². The Morgan fingerprint density at radius 3 is 2.52 bits per heavy atom. The number of hydrogen-bond donors (Lipinski definition) is 2. The highest BCUT2D eigenvalue weighted by atomic mass is 32.1. The molecule has 1 heterocycles. The number of fused-ring (bicyclic) bond motifs is 1. The van der Waals surface area contributed by atoms with E-state index in [4.69, 9.17) is 4.74 Å². The lowest BCUT2D eigenvalue weighted by Gasteiger charge is -2.09. The molecule has 0 radical (unpaired) electrons. The van der Waals surface area contributed by atoms with Crippen molar-refractivity contribution >= 4 is 22.1 Å². The summed E-state index contributed by atoms with van der Waals surface area (Å²) in [6.45, 7) is 0.605. The molecule has 27 heavy (non-hydrogen) atoms. The van der Waals surface area contributed by atoms with Gasteiger partial charge in [-0.05, 0) is 34.0 Å². The number of thiazole rings is 1. The molecule has 0 aliphatic rings. The standard InChI is InChI=1S/C22H19NO3S/c24-21-20(27-22(25)23-21)14-15-8-10-18(11-9-15)26-13-12-17-6-3-5-16-4-1-2-7-19(16)17/h1-11,24H,12-14H2,(H,23,25). The first-order valence-electron chi connectivity index (χ1n) is 8.78. The third-order valence-corrected chi connectivity index (χ3v) is 5.38. The average molecular weight is 377 g/mol. The van der Waals surface area contributed by atoms with Crippen molar-refractivity contribution in [3.8, 4) is 11.6 Å². The molecule has 1 aromatic heterocycles. The summed E-state index contributed by atoms with van der Waals surface area (Å²) in [5.74, 6) is 0.769. The summed E-state index contributed by atoms with van der Waals surface area (Å²) >= 11 is 1.03. The van der Waals surface area contributed by atoms with Crippen molar-refractivity contribution < 1.29 is 9.84 Å². The van der Waals surface area contributed by atoms with Crippen molar-refractivity contribution in [1.82, 2.24) is 4.98 Å². The van der Waals surface area contributed by atoms with Crippen LogP contribution in [0, 0.1) is 0 Å². The fourth-order valence-corrected chi connectivity index (χ4v) is 3.91. The second-order valence-electron chi connectivity index (χ2n) is 6.34. The van der Waals surface area contributed by atoms with Crippen LogP contribution >= 0.6 is 11.3 Å². The fourth-order valence-electron chi connectivity index (χ4n) is 3.15. The molecule has 0 saturated heterocycles. The number of hydrogen-bond acceptors (Lipinski definition) is 4. The van der Waals surface area contributed by atoms with Gasteiger partial charge >= 0.3 is 4.87 Å². The molecule has 4 aromatic rings. The highest BCUT2D eigenvalue weighted by Gasteiger charge is 2.08. The molecule has 0 atom stereocenters. The summed E-state index contributed by atoms with van der Waals surface area (Å²) in [4.78, 5) is 14.0. The van der Waals surface area contributed by atoms with Gasteiger partial charge in [0.05, 0.1) is 11.5 Å². The van der Waals surface area contributed by atoms with Gasteiger partial charge < -0.3 is 9.84 Å². The Labute approximate surface area is 160 Å². The minimum absolute atomic E-state index is 0.0413. The van der Waals surface area contributed by atoms with Gasteiger partial charge in [0, 0.05) is 12.8 Å². The second kappa shape index (κ2) is 7.68. The quantitative estimate of drug-likeness (QED) is 0.520. The summed E-state index contributed by atoms with van der Waals surface area (Å²) in [7, 11) is 0. The van der Waals surface area contributed by atoms with E-state index in [1.54, 1.807) is 0 Å². The largest absolute Gasteiger partial charge is 0.494 e. The maximum atomic E-state index is 11.3. The molecule has 0 aliphatic carbocycles. The van der Waals surface area contributed by atoms with Crippen LogP contribution in [0.15, 0.2) is 71.5 Å². The normalized spacial score (nSPS) is 11.0. The van der Waals surface area contributed by atoms with Crippen LogP contribution in [-0.4, -0.2) is 16.7 Å². The van der Waals surface area contributed by atoms with Crippen LogP contribution in [0.2, 0.25) is 0 Å². The summed E-state index contributed by atoms with van der Waals surface area (Å²) in [5.41, 5.74) is 2.30. The molecule has 0 saturated carbocycles. The van der Waals surface area contributed by atoms with Gasteiger partial charge in [0.15, 0.2) is 0 Å². The number of benzene rings is 3. The lowest BCUT2D eigenvalue weighted by molar-refractivity contribution is 0.322. The SMILES string of the molecule is O=c1[nH]c(O)c(Cc2ccc(OCCc3cccc4ccccc34)cc2)s1. The zero-order valence-electron chi connectivity index (χ0n) is 14.6. The summed E-state index contributed by atoms with van der Waals surface area (Å²) in [5, 5.41) is 12.2. The van der Waals surface area contributed by atoms with Crippen LogP contribution in [-0.2, 0) is 12.8 Å². The Morgan fingerprint density at radius 2 is 1.74 bits per heavy atom. The number of nitrogens with one attached hydrogen (secondary N) is 1. The minimum atomic E-state index is -0.240. The fraction of sp³-hybridized carbons (Fsp3) is 0.136. The van der Waals surface area contributed by atoms with E-state index in [0.717, 1.165) is 29.1 Å².